The van der Waals surface area contributed by atoms with Crippen molar-refractivity contribution in [1.29, 1.82) is 0 Å². The van der Waals surface area contributed by atoms with Crippen molar-refractivity contribution in [2.75, 3.05) is 6.54 Å². The maximum atomic E-state index is 11.7. The van der Waals surface area contributed by atoms with Gasteiger partial charge in [0.2, 0.25) is 0 Å². The fourth-order valence-corrected chi connectivity index (χ4v) is 1.66. The van der Waals surface area contributed by atoms with Gasteiger partial charge in [-0.15, -0.1) is 0 Å². The molecule has 1 aliphatic heterocycles. The molecule has 0 aromatic carbocycles. The molecule has 0 saturated carbocycles. The lowest BCUT2D eigenvalue weighted by Gasteiger charge is -2.34. The zero-order valence-corrected chi connectivity index (χ0v) is 9.05. The predicted molar refractivity (Wildman–Crippen MR) is 53.7 cm³/mol. The number of amides is 2. The van der Waals surface area contributed by atoms with E-state index in [9.17, 15) is 4.79 Å². The van der Waals surface area contributed by atoms with Crippen molar-refractivity contribution in [2.24, 2.45) is 0 Å². The monoisotopic (exact) mass is 184 g/mol. The molecule has 1 aliphatic rings. The summed E-state index contributed by atoms with van der Waals surface area (Å²) in [4.78, 5) is 13.6. The summed E-state index contributed by atoms with van der Waals surface area (Å²) in [6.07, 6.45) is 2.18. The van der Waals surface area contributed by atoms with Crippen LogP contribution in [-0.2, 0) is 0 Å². The summed E-state index contributed by atoms with van der Waals surface area (Å²) in [6, 6.07) is 0.400. The molecule has 0 aromatic heterocycles. The SMILES string of the molecule is CC1CCCN(C(C)(C)C)C(=O)N1. The van der Waals surface area contributed by atoms with Crippen molar-refractivity contribution in [1.82, 2.24) is 10.2 Å². The summed E-state index contributed by atoms with van der Waals surface area (Å²) in [5.41, 5.74) is -0.0614. The molecule has 1 N–H and O–H groups in total. The van der Waals surface area contributed by atoms with Crippen molar-refractivity contribution in [2.45, 2.75) is 52.1 Å². The third-order valence-electron chi connectivity index (χ3n) is 2.44. The highest BCUT2D eigenvalue weighted by atomic mass is 16.2. The van der Waals surface area contributed by atoms with Crippen LogP contribution in [0, 0.1) is 0 Å². The largest absolute Gasteiger partial charge is 0.336 e. The van der Waals surface area contributed by atoms with Crippen LogP contribution >= 0.6 is 0 Å². The van der Waals surface area contributed by atoms with Gasteiger partial charge in [0.05, 0.1) is 0 Å². The van der Waals surface area contributed by atoms with E-state index in [2.05, 4.69) is 33.0 Å². The Morgan fingerprint density at radius 3 is 2.62 bits per heavy atom. The molecular weight excluding hydrogens is 164 g/mol. The van der Waals surface area contributed by atoms with Gasteiger partial charge in [-0.25, -0.2) is 4.79 Å². The van der Waals surface area contributed by atoms with E-state index in [1.54, 1.807) is 0 Å². The van der Waals surface area contributed by atoms with Crippen molar-refractivity contribution >= 4 is 6.03 Å². The van der Waals surface area contributed by atoms with Gasteiger partial charge in [0.1, 0.15) is 0 Å². The molecule has 0 radical (unpaired) electrons. The normalized spacial score (nSPS) is 25.4. The van der Waals surface area contributed by atoms with E-state index in [1.165, 1.54) is 0 Å². The molecule has 0 aromatic rings. The molecule has 0 aliphatic carbocycles. The van der Waals surface area contributed by atoms with Crippen molar-refractivity contribution < 1.29 is 4.79 Å². The number of hydrogen-bond acceptors (Lipinski definition) is 1. The second kappa shape index (κ2) is 3.56. The van der Waals surface area contributed by atoms with Crippen LogP contribution < -0.4 is 5.32 Å². The van der Waals surface area contributed by atoms with Crippen LogP contribution in [0.15, 0.2) is 0 Å². The molecule has 1 fully saturated rings. The summed E-state index contributed by atoms with van der Waals surface area (Å²) in [6.45, 7) is 9.15. The van der Waals surface area contributed by atoms with Crippen molar-refractivity contribution in [3.63, 3.8) is 0 Å². The third-order valence-corrected chi connectivity index (χ3v) is 2.44. The Balaban J connectivity index is 2.69. The first kappa shape index (κ1) is 10.4. The average Bonchev–Trinajstić information content (AvgIpc) is 2.08. The molecule has 3 nitrogen and oxygen atoms in total. The van der Waals surface area contributed by atoms with Crippen LogP contribution in [0.5, 0.6) is 0 Å². The Kier molecular flexibility index (Phi) is 2.84. The first-order valence-corrected chi connectivity index (χ1v) is 4.99. The van der Waals surface area contributed by atoms with E-state index in [-0.39, 0.29) is 11.6 Å². The summed E-state index contributed by atoms with van der Waals surface area (Å²) >= 11 is 0. The van der Waals surface area contributed by atoms with Crippen LogP contribution in [0.25, 0.3) is 0 Å². The maximum absolute atomic E-state index is 11.7. The fourth-order valence-electron chi connectivity index (χ4n) is 1.66. The van der Waals surface area contributed by atoms with Gasteiger partial charge in [0.25, 0.3) is 0 Å². The molecule has 0 bridgehead atoms. The highest BCUT2D eigenvalue weighted by Gasteiger charge is 2.28. The molecule has 76 valence electrons. The fraction of sp³-hybridized carbons (Fsp3) is 0.900. The molecule has 1 atom stereocenters. The maximum Gasteiger partial charge on any atom is 0.318 e. The average molecular weight is 184 g/mol. The first-order valence-electron chi connectivity index (χ1n) is 4.99. The van der Waals surface area contributed by atoms with Crippen molar-refractivity contribution in [3.8, 4) is 0 Å². The minimum Gasteiger partial charge on any atom is -0.336 e. The summed E-state index contributed by atoms with van der Waals surface area (Å²) in [5.74, 6) is 0. The van der Waals surface area contributed by atoms with Crippen LogP contribution in [-0.4, -0.2) is 29.1 Å². The molecular formula is C10H20N2O. The summed E-state index contributed by atoms with van der Waals surface area (Å²) < 4.78 is 0. The van der Waals surface area contributed by atoms with E-state index in [4.69, 9.17) is 0 Å². The third kappa shape index (κ3) is 2.61. The predicted octanol–water partition coefficient (Wildman–Crippen LogP) is 1.98. The molecule has 1 rings (SSSR count). The molecule has 13 heavy (non-hydrogen) atoms. The van der Waals surface area contributed by atoms with E-state index in [0.29, 0.717) is 6.04 Å². The summed E-state index contributed by atoms with van der Waals surface area (Å²) in [5, 5.41) is 2.99. The zero-order chi connectivity index (χ0) is 10.1. The Hall–Kier alpha value is -0.730. The van der Waals surface area contributed by atoms with E-state index in [1.807, 2.05) is 4.90 Å². The standard InChI is InChI=1S/C10H20N2O/c1-8-6-5-7-12(9(13)11-8)10(2,3)4/h8H,5-7H2,1-4H3,(H,11,13). The lowest BCUT2D eigenvalue weighted by atomic mass is 10.1. The van der Waals surface area contributed by atoms with Gasteiger partial charge in [0.15, 0.2) is 0 Å². The number of carbonyl (C=O) groups is 1. The highest BCUT2D eigenvalue weighted by molar-refractivity contribution is 5.75. The van der Waals surface area contributed by atoms with Gasteiger partial charge in [-0.05, 0) is 40.5 Å². The molecule has 1 unspecified atom stereocenters. The minimum atomic E-state index is -0.0614. The van der Waals surface area contributed by atoms with Crippen LogP contribution in [0.4, 0.5) is 4.79 Å². The number of rotatable bonds is 0. The summed E-state index contributed by atoms with van der Waals surface area (Å²) in [7, 11) is 0. The van der Waals surface area contributed by atoms with Crippen LogP contribution in [0.2, 0.25) is 0 Å². The van der Waals surface area contributed by atoms with Gasteiger partial charge >= 0.3 is 6.03 Å². The Morgan fingerprint density at radius 1 is 1.46 bits per heavy atom. The van der Waals surface area contributed by atoms with Crippen molar-refractivity contribution in [3.05, 3.63) is 0 Å². The quantitative estimate of drug-likeness (QED) is 0.613. The van der Waals surface area contributed by atoms with Gasteiger partial charge in [-0.2, -0.15) is 0 Å². The van der Waals surface area contributed by atoms with Gasteiger partial charge in [-0.3, -0.25) is 0 Å². The van der Waals surface area contributed by atoms with E-state index < -0.39 is 0 Å². The lowest BCUT2D eigenvalue weighted by Crippen LogP contribution is -2.50. The Bertz CT molecular complexity index is 196. The zero-order valence-electron chi connectivity index (χ0n) is 9.05. The molecule has 1 saturated heterocycles. The molecule has 2 amide bonds. The molecule has 3 heteroatoms. The van der Waals surface area contributed by atoms with Gasteiger partial charge in [-0.1, -0.05) is 0 Å². The number of nitrogens with zero attached hydrogens (tertiary/aromatic N) is 1. The Morgan fingerprint density at radius 2 is 2.08 bits per heavy atom. The smallest absolute Gasteiger partial charge is 0.318 e. The van der Waals surface area contributed by atoms with Gasteiger partial charge < -0.3 is 10.2 Å². The number of carbonyl (C=O) groups excluding carboxylic acids is 1. The topological polar surface area (TPSA) is 32.3 Å². The first-order chi connectivity index (χ1) is 5.91. The highest BCUT2D eigenvalue weighted by Crippen LogP contribution is 2.17. The molecule has 0 spiro atoms. The second-order valence-electron chi connectivity index (χ2n) is 4.82. The number of hydrogen-bond donors (Lipinski definition) is 1. The Labute approximate surface area is 80.5 Å². The minimum absolute atomic E-state index is 0.0614. The number of urea groups is 1. The van der Waals surface area contributed by atoms with Crippen LogP contribution in [0.3, 0.4) is 0 Å². The van der Waals surface area contributed by atoms with E-state index >= 15 is 0 Å². The second-order valence-corrected chi connectivity index (χ2v) is 4.82. The number of nitrogens with one attached hydrogen (secondary N) is 1. The van der Waals surface area contributed by atoms with Crippen LogP contribution in [0.1, 0.15) is 40.5 Å². The van der Waals surface area contributed by atoms with Gasteiger partial charge in [0, 0.05) is 18.1 Å². The molecule has 1 heterocycles. The van der Waals surface area contributed by atoms with E-state index in [0.717, 1.165) is 19.4 Å². The lowest BCUT2D eigenvalue weighted by molar-refractivity contribution is 0.149.